The fourth-order valence-corrected chi connectivity index (χ4v) is 3.55. The molecule has 0 aliphatic carbocycles. The highest BCUT2D eigenvalue weighted by molar-refractivity contribution is 5.82. The number of aliphatic hydroxyl groups excluding tert-OH is 1. The first-order valence-corrected chi connectivity index (χ1v) is 7.10. The van der Waals surface area contributed by atoms with E-state index in [4.69, 9.17) is 14.2 Å². The van der Waals surface area contributed by atoms with Gasteiger partial charge in [0.25, 0.3) is 0 Å². The van der Waals surface area contributed by atoms with Gasteiger partial charge < -0.3 is 24.6 Å². The predicted octanol–water partition coefficient (Wildman–Crippen LogP) is 0.477. The minimum absolute atomic E-state index is 0.315. The van der Waals surface area contributed by atoms with Gasteiger partial charge in [-0.25, -0.2) is 0 Å². The van der Waals surface area contributed by atoms with Crippen molar-refractivity contribution in [2.75, 3.05) is 6.61 Å². The molecule has 1 amide bonds. The number of nitrogens with one attached hydrogen (secondary N) is 1. The summed E-state index contributed by atoms with van der Waals surface area (Å²) in [4.78, 5) is 11.3. The molecule has 2 bridgehead atoms. The van der Waals surface area contributed by atoms with E-state index in [-0.39, 0.29) is 6.61 Å². The maximum atomic E-state index is 12.5. The molecule has 3 rings (SSSR count). The molecule has 0 saturated carbocycles. The van der Waals surface area contributed by atoms with E-state index in [2.05, 4.69) is 0 Å². The van der Waals surface area contributed by atoms with Crippen LogP contribution in [0.15, 0.2) is 0 Å². The van der Waals surface area contributed by atoms with Crippen molar-refractivity contribution < 1.29 is 37.3 Å². The lowest BCUT2D eigenvalue weighted by atomic mass is 9.88. The van der Waals surface area contributed by atoms with Crippen LogP contribution in [0.5, 0.6) is 0 Å². The fourth-order valence-electron chi connectivity index (χ4n) is 3.55. The average molecular weight is 325 g/mol. The summed E-state index contributed by atoms with van der Waals surface area (Å²) in [5.74, 6) is -3.05. The number of hydrogen-bond acceptors (Lipinski definition) is 5. The molecule has 6 nitrogen and oxygen atoms in total. The van der Waals surface area contributed by atoms with E-state index in [0.29, 0.717) is 12.8 Å². The number of fused-ring (bicyclic) bond motifs is 4. The van der Waals surface area contributed by atoms with Gasteiger partial charge in [-0.05, 0) is 26.7 Å². The summed E-state index contributed by atoms with van der Waals surface area (Å²) in [5, 5.41) is 11.6. The molecular formula is C13H18F3NO5. The lowest BCUT2D eigenvalue weighted by Crippen LogP contribution is -2.65. The third-order valence-electron chi connectivity index (χ3n) is 4.46. The molecule has 0 aromatic carbocycles. The van der Waals surface area contributed by atoms with Crippen molar-refractivity contribution in [3.63, 3.8) is 0 Å². The fraction of sp³-hybridized carbons (Fsp3) is 0.923. The normalized spacial score (nSPS) is 43.0. The number of carbonyl (C=O) groups is 1. The number of hydrogen-bond donors (Lipinski definition) is 2. The van der Waals surface area contributed by atoms with E-state index >= 15 is 0 Å². The van der Waals surface area contributed by atoms with Crippen LogP contribution in [0.1, 0.15) is 26.7 Å². The van der Waals surface area contributed by atoms with Gasteiger partial charge in [0.2, 0.25) is 0 Å². The topological polar surface area (TPSA) is 77.0 Å². The monoisotopic (exact) mass is 325 g/mol. The van der Waals surface area contributed by atoms with E-state index < -0.39 is 47.8 Å². The van der Waals surface area contributed by atoms with Crippen LogP contribution in [0.4, 0.5) is 13.2 Å². The van der Waals surface area contributed by atoms with Gasteiger partial charge in [-0.2, -0.15) is 13.2 Å². The third-order valence-corrected chi connectivity index (χ3v) is 4.46. The molecule has 0 aromatic heterocycles. The van der Waals surface area contributed by atoms with Gasteiger partial charge >= 0.3 is 12.1 Å². The zero-order chi connectivity index (χ0) is 16.3. The van der Waals surface area contributed by atoms with Gasteiger partial charge in [0.1, 0.15) is 17.8 Å². The Hall–Kier alpha value is -0.900. The number of rotatable bonds is 2. The molecule has 0 radical (unpaired) electrons. The molecular weight excluding hydrogens is 307 g/mol. The largest absolute Gasteiger partial charge is 0.471 e. The molecule has 3 saturated heterocycles. The maximum Gasteiger partial charge on any atom is 0.471 e. The van der Waals surface area contributed by atoms with E-state index in [1.54, 1.807) is 13.8 Å². The van der Waals surface area contributed by atoms with Crippen molar-refractivity contribution in [3.05, 3.63) is 0 Å². The van der Waals surface area contributed by atoms with Gasteiger partial charge in [0.05, 0.1) is 18.8 Å². The summed E-state index contributed by atoms with van der Waals surface area (Å²) >= 11 is 0. The van der Waals surface area contributed by atoms with E-state index in [1.807, 2.05) is 5.32 Å². The van der Waals surface area contributed by atoms with Gasteiger partial charge in [-0.1, -0.05) is 0 Å². The van der Waals surface area contributed by atoms with Crippen LogP contribution in [0.3, 0.4) is 0 Å². The second kappa shape index (κ2) is 4.80. The van der Waals surface area contributed by atoms with Gasteiger partial charge in [0.15, 0.2) is 5.79 Å². The Balaban J connectivity index is 1.87. The first-order chi connectivity index (χ1) is 10.1. The zero-order valence-corrected chi connectivity index (χ0v) is 12.1. The SMILES string of the molecule is CC1(C)O[C@@H]2[C@@H](NC(=O)C(F)(F)F)[C@H]3CC[C@](CO)(O3)[C@@H]2O1. The summed E-state index contributed by atoms with van der Waals surface area (Å²) in [7, 11) is 0. The van der Waals surface area contributed by atoms with Gasteiger partial charge in [-0.15, -0.1) is 0 Å². The lowest BCUT2D eigenvalue weighted by molar-refractivity contribution is -0.202. The van der Waals surface area contributed by atoms with E-state index in [0.717, 1.165) is 0 Å². The Morgan fingerprint density at radius 2 is 2.00 bits per heavy atom. The van der Waals surface area contributed by atoms with Crippen LogP contribution >= 0.6 is 0 Å². The molecule has 0 unspecified atom stereocenters. The van der Waals surface area contributed by atoms with Crippen LogP contribution in [0.2, 0.25) is 0 Å². The van der Waals surface area contributed by atoms with Crippen molar-refractivity contribution in [1.29, 1.82) is 0 Å². The molecule has 5 atom stereocenters. The molecule has 22 heavy (non-hydrogen) atoms. The molecule has 9 heteroatoms. The summed E-state index contributed by atoms with van der Waals surface area (Å²) in [6.45, 7) is 2.95. The van der Waals surface area contributed by atoms with Crippen molar-refractivity contribution in [2.24, 2.45) is 0 Å². The Morgan fingerprint density at radius 1 is 1.32 bits per heavy atom. The molecule has 3 fully saturated rings. The Bertz CT molecular complexity index is 483. The minimum atomic E-state index is -4.98. The van der Waals surface area contributed by atoms with Crippen molar-refractivity contribution in [2.45, 2.75) is 68.6 Å². The predicted molar refractivity (Wildman–Crippen MR) is 65.7 cm³/mol. The average Bonchev–Trinajstić information content (AvgIpc) is 2.94. The zero-order valence-electron chi connectivity index (χ0n) is 12.1. The number of amides is 1. The van der Waals surface area contributed by atoms with Crippen molar-refractivity contribution in [3.8, 4) is 0 Å². The Labute approximate surface area is 124 Å². The van der Waals surface area contributed by atoms with Crippen LogP contribution in [-0.2, 0) is 19.0 Å². The van der Waals surface area contributed by atoms with Crippen molar-refractivity contribution in [1.82, 2.24) is 5.32 Å². The number of ether oxygens (including phenoxy) is 3. The quantitative estimate of drug-likeness (QED) is 0.772. The van der Waals surface area contributed by atoms with Crippen LogP contribution < -0.4 is 5.32 Å². The van der Waals surface area contributed by atoms with Crippen LogP contribution in [0, 0.1) is 0 Å². The molecule has 2 N–H and O–H groups in total. The molecule has 126 valence electrons. The smallest absolute Gasteiger partial charge is 0.393 e. The highest BCUT2D eigenvalue weighted by Crippen LogP contribution is 2.49. The summed E-state index contributed by atoms with van der Waals surface area (Å²) in [6, 6.07) is -0.969. The molecule has 3 heterocycles. The molecule has 3 aliphatic heterocycles. The molecule has 0 spiro atoms. The highest BCUT2D eigenvalue weighted by Gasteiger charge is 2.65. The highest BCUT2D eigenvalue weighted by atomic mass is 19.4. The van der Waals surface area contributed by atoms with E-state index in [9.17, 15) is 23.1 Å². The third kappa shape index (κ3) is 2.40. The first-order valence-electron chi connectivity index (χ1n) is 7.10. The van der Waals surface area contributed by atoms with Gasteiger partial charge in [0, 0.05) is 0 Å². The van der Waals surface area contributed by atoms with Gasteiger partial charge in [-0.3, -0.25) is 4.79 Å². The minimum Gasteiger partial charge on any atom is -0.393 e. The number of carbonyl (C=O) groups excluding carboxylic acids is 1. The standard InChI is InChI=1S/C13H18F3NO5/c1-11(2)21-8-7(17-10(19)13(14,15)16)6-3-4-12(5-18,20-6)9(8)22-11/h6-9,18H,3-5H2,1-2H3,(H,17,19)/t6-,7+,8-,9-,12-/m1/s1. The first kappa shape index (κ1) is 16.0. The second-order valence-electron chi connectivity index (χ2n) is 6.44. The van der Waals surface area contributed by atoms with Crippen LogP contribution in [-0.4, -0.2) is 59.5 Å². The van der Waals surface area contributed by atoms with Crippen LogP contribution in [0.25, 0.3) is 0 Å². The Morgan fingerprint density at radius 3 is 2.59 bits per heavy atom. The van der Waals surface area contributed by atoms with E-state index in [1.165, 1.54) is 0 Å². The lowest BCUT2D eigenvalue weighted by Gasteiger charge is -2.43. The summed E-state index contributed by atoms with van der Waals surface area (Å²) in [5.41, 5.74) is -0.984. The van der Waals surface area contributed by atoms with Crippen molar-refractivity contribution >= 4 is 5.91 Å². The number of alkyl halides is 3. The summed E-state index contributed by atoms with van der Waals surface area (Å²) in [6.07, 6.45) is -6.29. The Kier molecular flexibility index (Phi) is 3.48. The molecule has 3 aliphatic rings. The maximum absolute atomic E-state index is 12.5. The number of aliphatic hydroxyl groups is 1. The molecule has 0 aromatic rings. The summed E-state index contributed by atoms with van der Waals surface area (Å²) < 4.78 is 54.7. The number of halogens is 3. The second-order valence-corrected chi connectivity index (χ2v) is 6.44.